The second kappa shape index (κ2) is 6.70. The summed E-state index contributed by atoms with van der Waals surface area (Å²) in [4.78, 5) is 26.0. The second-order valence-electron chi connectivity index (χ2n) is 5.10. The predicted octanol–water partition coefficient (Wildman–Crippen LogP) is -0.235. The molecule has 0 aromatic rings. The van der Waals surface area contributed by atoms with Gasteiger partial charge in [-0.15, -0.1) is 0 Å². The molecule has 0 aromatic heterocycles. The standard InChI is InChI=1S/C12H22N2O4/c1-13(2)7-9-6-10(15)8-14(9)11(16)4-3-5-12(17)18/h9-10,15H,3-8H2,1-2H3,(H,17,18). The Morgan fingerprint density at radius 3 is 2.56 bits per heavy atom. The molecule has 1 aliphatic heterocycles. The van der Waals surface area contributed by atoms with Crippen LogP contribution in [-0.4, -0.2) is 71.2 Å². The molecule has 0 bridgehead atoms. The van der Waals surface area contributed by atoms with E-state index in [1.165, 1.54) is 0 Å². The molecule has 6 nitrogen and oxygen atoms in total. The minimum atomic E-state index is -0.880. The van der Waals surface area contributed by atoms with Crippen LogP contribution in [-0.2, 0) is 9.59 Å². The molecule has 0 saturated carbocycles. The van der Waals surface area contributed by atoms with Crippen molar-refractivity contribution in [3.8, 4) is 0 Å². The van der Waals surface area contributed by atoms with E-state index in [-0.39, 0.29) is 24.8 Å². The lowest BCUT2D eigenvalue weighted by atomic mass is 10.1. The number of carbonyl (C=O) groups excluding carboxylic acids is 1. The SMILES string of the molecule is CN(C)CC1CC(O)CN1C(=O)CCCC(=O)O. The summed E-state index contributed by atoms with van der Waals surface area (Å²) in [5, 5.41) is 18.2. The molecule has 2 unspecified atom stereocenters. The minimum Gasteiger partial charge on any atom is -0.481 e. The molecular formula is C12H22N2O4. The molecule has 0 spiro atoms. The number of rotatable bonds is 6. The van der Waals surface area contributed by atoms with E-state index in [9.17, 15) is 14.7 Å². The molecule has 2 N–H and O–H groups in total. The lowest BCUT2D eigenvalue weighted by Crippen LogP contribution is -2.41. The van der Waals surface area contributed by atoms with Gasteiger partial charge in [0.2, 0.25) is 5.91 Å². The van der Waals surface area contributed by atoms with Gasteiger partial charge in [-0.3, -0.25) is 9.59 Å². The number of carboxylic acids is 1. The molecule has 1 amide bonds. The Bertz CT molecular complexity index is 306. The van der Waals surface area contributed by atoms with Crippen LogP contribution in [0, 0.1) is 0 Å². The Morgan fingerprint density at radius 1 is 1.33 bits per heavy atom. The average Bonchev–Trinajstić information content (AvgIpc) is 2.57. The first-order valence-electron chi connectivity index (χ1n) is 6.24. The van der Waals surface area contributed by atoms with Gasteiger partial charge in [-0.25, -0.2) is 0 Å². The van der Waals surface area contributed by atoms with Crippen molar-refractivity contribution in [3.05, 3.63) is 0 Å². The molecule has 18 heavy (non-hydrogen) atoms. The third kappa shape index (κ3) is 4.62. The summed E-state index contributed by atoms with van der Waals surface area (Å²) in [5.74, 6) is -0.936. The van der Waals surface area contributed by atoms with Gasteiger partial charge >= 0.3 is 5.97 Å². The minimum absolute atomic E-state index is 0.0144. The summed E-state index contributed by atoms with van der Waals surface area (Å²) < 4.78 is 0. The summed E-state index contributed by atoms with van der Waals surface area (Å²) >= 11 is 0. The van der Waals surface area contributed by atoms with Crippen molar-refractivity contribution < 1.29 is 19.8 Å². The summed E-state index contributed by atoms with van der Waals surface area (Å²) in [5.41, 5.74) is 0. The smallest absolute Gasteiger partial charge is 0.303 e. The highest BCUT2D eigenvalue weighted by Gasteiger charge is 2.33. The fourth-order valence-electron chi connectivity index (χ4n) is 2.33. The third-order valence-corrected chi connectivity index (χ3v) is 3.07. The van der Waals surface area contributed by atoms with Gasteiger partial charge < -0.3 is 20.0 Å². The normalized spacial score (nSPS) is 23.7. The topological polar surface area (TPSA) is 81.1 Å². The third-order valence-electron chi connectivity index (χ3n) is 3.07. The monoisotopic (exact) mass is 258 g/mol. The van der Waals surface area contributed by atoms with Crippen LogP contribution in [0.2, 0.25) is 0 Å². The van der Waals surface area contributed by atoms with Gasteiger partial charge in [-0.1, -0.05) is 0 Å². The number of likely N-dealkylation sites (N-methyl/N-ethyl adjacent to an activating group) is 1. The Labute approximate surface area is 107 Å². The highest BCUT2D eigenvalue weighted by atomic mass is 16.4. The van der Waals surface area contributed by atoms with Crippen LogP contribution in [0.15, 0.2) is 0 Å². The first-order valence-corrected chi connectivity index (χ1v) is 6.24. The summed E-state index contributed by atoms with van der Waals surface area (Å²) in [7, 11) is 3.86. The van der Waals surface area contributed by atoms with Gasteiger partial charge in [0.1, 0.15) is 0 Å². The van der Waals surface area contributed by atoms with Gasteiger partial charge in [0.25, 0.3) is 0 Å². The second-order valence-corrected chi connectivity index (χ2v) is 5.10. The molecule has 1 heterocycles. The number of nitrogens with zero attached hydrogens (tertiary/aromatic N) is 2. The summed E-state index contributed by atoms with van der Waals surface area (Å²) in [6.45, 7) is 1.09. The molecule has 6 heteroatoms. The highest BCUT2D eigenvalue weighted by Crippen LogP contribution is 2.20. The van der Waals surface area contributed by atoms with Crippen molar-refractivity contribution >= 4 is 11.9 Å². The maximum absolute atomic E-state index is 12.0. The van der Waals surface area contributed by atoms with Gasteiger partial charge in [-0.05, 0) is 26.9 Å². The highest BCUT2D eigenvalue weighted by molar-refractivity contribution is 5.77. The average molecular weight is 258 g/mol. The van der Waals surface area contributed by atoms with Crippen molar-refractivity contribution in [2.75, 3.05) is 27.2 Å². The zero-order valence-corrected chi connectivity index (χ0v) is 11.0. The van der Waals surface area contributed by atoms with E-state index in [1.807, 2.05) is 19.0 Å². The van der Waals surface area contributed by atoms with Crippen LogP contribution in [0.1, 0.15) is 25.7 Å². The predicted molar refractivity (Wildman–Crippen MR) is 66.2 cm³/mol. The number of hydrogen-bond donors (Lipinski definition) is 2. The van der Waals surface area contributed by atoms with Gasteiger partial charge in [-0.2, -0.15) is 0 Å². The van der Waals surface area contributed by atoms with E-state index in [4.69, 9.17) is 5.11 Å². The lowest BCUT2D eigenvalue weighted by Gasteiger charge is -2.26. The molecule has 0 aliphatic carbocycles. The molecule has 2 atom stereocenters. The molecule has 1 fully saturated rings. The van der Waals surface area contributed by atoms with Gasteiger partial charge in [0.15, 0.2) is 0 Å². The van der Waals surface area contributed by atoms with Crippen LogP contribution in [0.25, 0.3) is 0 Å². The fourth-order valence-corrected chi connectivity index (χ4v) is 2.33. The Balaban J connectivity index is 2.46. The summed E-state index contributed by atoms with van der Waals surface area (Å²) in [6.07, 6.45) is 0.750. The van der Waals surface area contributed by atoms with Crippen LogP contribution in [0.5, 0.6) is 0 Å². The van der Waals surface area contributed by atoms with E-state index < -0.39 is 12.1 Å². The number of β-amino-alcohol motifs (C(OH)–C–C–N with tert-alkyl or cyclic N) is 1. The van der Waals surface area contributed by atoms with E-state index in [0.717, 1.165) is 6.54 Å². The van der Waals surface area contributed by atoms with E-state index in [2.05, 4.69) is 0 Å². The molecule has 0 radical (unpaired) electrons. The number of aliphatic hydroxyl groups excluding tert-OH is 1. The van der Waals surface area contributed by atoms with Gasteiger partial charge in [0.05, 0.1) is 6.10 Å². The van der Waals surface area contributed by atoms with Crippen molar-refractivity contribution in [1.29, 1.82) is 0 Å². The first kappa shape index (κ1) is 14.9. The van der Waals surface area contributed by atoms with Crippen LogP contribution >= 0.6 is 0 Å². The summed E-state index contributed by atoms with van der Waals surface area (Å²) in [6, 6.07) is 0.0346. The van der Waals surface area contributed by atoms with Crippen LogP contribution < -0.4 is 0 Å². The largest absolute Gasteiger partial charge is 0.481 e. The number of aliphatic carboxylic acids is 1. The number of amides is 1. The number of hydrogen-bond acceptors (Lipinski definition) is 4. The fraction of sp³-hybridized carbons (Fsp3) is 0.833. The van der Waals surface area contributed by atoms with E-state index in [1.54, 1.807) is 4.90 Å². The molecular weight excluding hydrogens is 236 g/mol. The van der Waals surface area contributed by atoms with Crippen molar-refractivity contribution in [1.82, 2.24) is 9.80 Å². The number of likely N-dealkylation sites (tertiary alicyclic amines) is 1. The van der Waals surface area contributed by atoms with Crippen molar-refractivity contribution in [2.45, 2.75) is 37.8 Å². The lowest BCUT2D eigenvalue weighted by molar-refractivity contribution is -0.137. The molecule has 0 aromatic carbocycles. The maximum atomic E-state index is 12.0. The number of carbonyl (C=O) groups is 2. The zero-order chi connectivity index (χ0) is 13.7. The zero-order valence-electron chi connectivity index (χ0n) is 11.0. The van der Waals surface area contributed by atoms with Crippen molar-refractivity contribution in [3.63, 3.8) is 0 Å². The Hall–Kier alpha value is -1.14. The van der Waals surface area contributed by atoms with Gasteiger partial charge in [0, 0.05) is 32.0 Å². The quantitative estimate of drug-likeness (QED) is 0.687. The van der Waals surface area contributed by atoms with Crippen LogP contribution in [0.4, 0.5) is 0 Å². The van der Waals surface area contributed by atoms with Crippen LogP contribution in [0.3, 0.4) is 0 Å². The first-order chi connectivity index (χ1) is 8.40. The number of carboxylic acid groups (broad SMARTS) is 1. The molecule has 1 rings (SSSR count). The van der Waals surface area contributed by atoms with E-state index >= 15 is 0 Å². The maximum Gasteiger partial charge on any atom is 0.303 e. The molecule has 1 aliphatic rings. The Kier molecular flexibility index (Phi) is 5.55. The Morgan fingerprint density at radius 2 is 2.00 bits per heavy atom. The number of aliphatic hydroxyl groups is 1. The molecule has 1 saturated heterocycles. The van der Waals surface area contributed by atoms with E-state index in [0.29, 0.717) is 19.4 Å². The molecule has 104 valence electrons. The van der Waals surface area contributed by atoms with Crippen molar-refractivity contribution in [2.24, 2.45) is 0 Å².